The molecular weight excluding hydrogens is 216 g/mol. The summed E-state index contributed by atoms with van der Waals surface area (Å²) in [5.41, 5.74) is -0.701. The maximum absolute atomic E-state index is 12.5. The average molecular weight is 238 g/mol. The molecule has 0 aromatic carbocycles. The fourth-order valence-corrected chi connectivity index (χ4v) is 4.70. The number of ketones is 1. The monoisotopic (exact) mass is 238 g/mol. The van der Waals surface area contributed by atoms with E-state index in [1.807, 2.05) is 0 Å². The minimum Gasteiger partial charge on any atom is -0.385 e. The molecule has 1 saturated carbocycles. The Morgan fingerprint density at radius 1 is 1.53 bits per heavy atom. The van der Waals surface area contributed by atoms with Crippen LogP contribution in [0.15, 0.2) is 0 Å². The Morgan fingerprint density at radius 2 is 2.29 bits per heavy atom. The van der Waals surface area contributed by atoms with Crippen LogP contribution < -0.4 is 0 Å². The number of aliphatic hydroxyl groups excluding tert-OH is 1. The highest BCUT2D eigenvalue weighted by atomic mass is 16.5. The van der Waals surface area contributed by atoms with Crippen molar-refractivity contribution >= 4 is 5.78 Å². The minimum absolute atomic E-state index is 0.0275. The average Bonchev–Trinajstić information content (AvgIpc) is 2.55. The van der Waals surface area contributed by atoms with Crippen LogP contribution in [0.4, 0.5) is 0 Å². The maximum atomic E-state index is 12.5. The second-order valence-corrected chi connectivity index (χ2v) is 6.35. The molecule has 3 rings (SSSR count). The molecule has 0 radical (unpaired) electrons. The topological polar surface area (TPSA) is 46.5 Å². The van der Waals surface area contributed by atoms with E-state index in [9.17, 15) is 9.90 Å². The van der Waals surface area contributed by atoms with E-state index in [-0.39, 0.29) is 17.3 Å². The number of carbonyl (C=O) groups excluding carboxylic acids is 1. The van der Waals surface area contributed by atoms with Crippen LogP contribution in [0.3, 0.4) is 0 Å². The first kappa shape index (κ1) is 11.7. The molecule has 0 aromatic heterocycles. The number of carbonyl (C=O) groups is 1. The number of hydrogen-bond donors (Lipinski definition) is 1. The predicted molar refractivity (Wildman–Crippen MR) is 63.6 cm³/mol. The van der Waals surface area contributed by atoms with Gasteiger partial charge in [-0.05, 0) is 25.2 Å². The molecule has 2 aliphatic heterocycles. The third-order valence-electron chi connectivity index (χ3n) is 5.43. The number of hydrogen-bond acceptors (Lipinski definition) is 3. The number of rotatable bonds is 1. The molecule has 3 aliphatic rings. The van der Waals surface area contributed by atoms with Crippen LogP contribution >= 0.6 is 0 Å². The van der Waals surface area contributed by atoms with Crippen molar-refractivity contribution in [3.63, 3.8) is 0 Å². The number of Topliss-reactive ketones (excluding diaryl/α,β-unsaturated/α-hetero) is 1. The Bertz CT molecular complexity index is 353. The van der Waals surface area contributed by atoms with Crippen LogP contribution in [0.1, 0.15) is 52.4 Å². The van der Waals surface area contributed by atoms with Crippen molar-refractivity contribution in [3.05, 3.63) is 0 Å². The lowest BCUT2D eigenvalue weighted by atomic mass is 9.57. The van der Waals surface area contributed by atoms with E-state index in [4.69, 9.17) is 4.74 Å². The molecule has 1 spiro atoms. The van der Waals surface area contributed by atoms with Gasteiger partial charge in [0.15, 0.2) is 5.78 Å². The maximum Gasteiger partial charge on any atom is 0.193 e. The van der Waals surface area contributed by atoms with Gasteiger partial charge in [0, 0.05) is 11.8 Å². The predicted octanol–water partition coefficient (Wildman–Crippen LogP) is 2.06. The van der Waals surface area contributed by atoms with Crippen molar-refractivity contribution < 1.29 is 14.6 Å². The molecule has 2 heterocycles. The summed E-state index contributed by atoms with van der Waals surface area (Å²) in [5.74, 6) is 0.272. The first-order valence-electron chi connectivity index (χ1n) is 6.93. The minimum atomic E-state index is -0.789. The SMILES string of the molecule is CC[C@H]1CCC[C@@]2(C)C[C@H]3C[C@@H](O)C(=O)[C@]12O3. The molecular formula is C14H22O3. The molecule has 2 bridgehead atoms. The van der Waals surface area contributed by atoms with Crippen molar-refractivity contribution in [1.29, 1.82) is 0 Å². The first-order valence-corrected chi connectivity index (χ1v) is 6.93. The molecule has 3 heteroatoms. The first-order chi connectivity index (χ1) is 8.03. The quantitative estimate of drug-likeness (QED) is 0.760. The van der Waals surface area contributed by atoms with Crippen LogP contribution in [-0.2, 0) is 9.53 Å². The van der Waals surface area contributed by atoms with Gasteiger partial charge < -0.3 is 9.84 Å². The fourth-order valence-electron chi connectivity index (χ4n) is 4.70. The van der Waals surface area contributed by atoms with Gasteiger partial charge in [0.25, 0.3) is 0 Å². The van der Waals surface area contributed by atoms with Gasteiger partial charge in [0.05, 0.1) is 6.10 Å². The summed E-state index contributed by atoms with van der Waals surface area (Å²) in [6.07, 6.45) is 5.06. The van der Waals surface area contributed by atoms with E-state index in [0.29, 0.717) is 12.3 Å². The third kappa shape index (κ3) is 1.27. The Kier molecular flexibility index (Phi) is 2.43. The highest BCUT2D eigenvalue weighted by molar-refractivity contribution is 5.94. The summed E-state index contributed by atoms with van der Waals surface area (Å²) < 4.78 is 6.17. The Hall–Kier alpha value is -0.410. The van der Waals surface area contributed by atoms with Crippen molar-refractivity contribution in [2.24, 2.45) is 11.3 Å². The molecule has 2 saturated heterocycles. The van der Waals surface area contributed by atoms with Crippen LogP contribution in [0.2, 0.25) is 0 Å². The van der Waals surface area contributed by atoms with Gasteiger partial charge in [-0.15, -0.1) is 0 Å². The largest absolute Gasteiger partial charge is 0.385 e. The van der Waals surface area contributed by atoms with Crippen molar-refractivity contribution in [1.82, 2.24) is 0 Å². The van der Waals surface area contributed by atoms with Gasteiger partial charge in [-0.2, -0.15) is 0 Å². The summed E-state index contributed by atoms with van der Waals surface area (Å²) in [5, 5.41) is 9.99. The zero-order chi connectivity index (χ0) is 12.3. The van der Waals surface area contributed by atoms with Gasteiger partial charge in [-0.1, -0.05) is 26.7 Å². The second-order valence-electron chi connectivity index (χ2n) is 6.35. The van der Waals surface area contributed by atoms with Crippen molar-refractivity contribution in [2.75, 3.05) is 0 Å². The van der Waals surface area contributed by atoms with Crippen LogP contribution in [0.25, 0.3) is 0 Å². The molecule has 0 aromatic rings. The van der Waals surface area contributed by atoms with Crippen LogP contribution in [-0.4, -0.2) is 28.7 Å². The summed E-state index contributed by atoms with van der Waals surface area (Å²) in [4.78, 5) is 12.5. The highest BCUT2D eigenvalue weighted by Gasteiger charge is 2.68. The van der Waals surface area contributed by atoms with Gasteiger partial charge in [-0.3, -0.25) is 4.79 Å². The normalized spacial score (nSPS) is 53.6. The molecule has 17 heavy (non-hydrogen) atoms. The van der Waals surface area contributed by atoms with Gasteiger partial charge in [0.1, 0.15) is 11.7 Å². The standard InChI is InChI=1S/C14H22O3/c1-3-9-5-4-6-13(2)8-10-7-11(15)12(16)14(9,13)17-10/h9-11,15H,3-8H2,1-2H3/t9-,10+,11+,13-,14+/m0/s1. The summed E-state index contributed by atoms with van der Waals surface area (Å²) in [6, 6.07) is 0. The van der Waals surface area contributed by atoms with E-state index >= 15 is 0 Å². The Morgan fingerprint density at radius 3 is 3.00 bits per heavy atom. The number of ether oxygens (including phenoxy) is 1. The Labute approximate surface area is 103 Å². The molecule has 0 unspecified atom stereocenters. The Balaban J connectivity index is 2.09. The molecule has 3 fully saturated rings. The van der Waals surface area contributed by atoms with Gasteiger partial charge in [-0.25, -0.2) is 0 Å². The van der Waals surface area contributed by atoms with Crippen molar-refractivity contribution in [2.45, 2.75) is 70.2 Å². The summed E-state index contributed by atoms with van der Waals surface area (Å²) >= 11 is 0. The smallest absolute Gasteiger partial charge is 0.193 e. The van der Waals surface area contributed by atoms with E-state index in [1.54, 1.807) is 0 Å². The van der Waals surface area contributed by atoms with Crippen molar-refractivity contribution in [3.8, 4) is 0 Å². The second kappa shape index (κ2) is 3.55. The lowest BCUT2D eigenvalue weighted by Crippen LogP contribution is -2.62. The molecule has 96 valence electrons. The lowest BCUT2D eigenvalue weighted by Gasteiger charge is -2.51. The van der Waals surface area contributed by atoms with Gasteiger partial charge >= 0.3 is 0 Å². The number of fused-ring (bicyclic) bond motifs is 1. The summed E-state index contributed by atoms with van der Waals surface area (Å²) in [7, 11) is 0. The van der Waals surface area contributed by atoms with E-state index in [1.165, 1.54) is 6.42 Å². The van der Waals surface area contributed by atoms with Crippen LogP contribution in [0.5, 0.6) is 0 Å². The van der Waals surface area contributed by atoms with E-state index in [0.717, 1.165) is 25.7 Å². The third-order valence-corrected chi connectivity index (χ3v) is 5.43. The van der Waals surface area contributed by atoms with Crippen LogP contribution in [0, 0.1) is 11.3 Å². The lowest BCUT2D eigenvalue weighted by molar-refractivity contribution is -0.195. The fraction of sp³-hybridized carbons (Fsp3) is 0.929. The van der Waals surface area contributed by atoms with E-state index in [2.05, 4.69) is 13.8 Å². The molecule has 3 nitrogen and oxygen atoms in total. The molecule has 0 amide bonds. The van der Waals surface area contributed by atoms with E-state index < -0.39 is 11.7 Å². The van der Waals surface area contributed by atoms with Gasteiger partial charge in [0.2, 0.25) is 0 Å². The number of aliphatic hydroxyl groups is 1. The zero-order valence-electron chi connectivity index (χ0n) is 10.7. The molecule has 1 N–H and O–H groups in total. The summed E-state index contributed by atoms with van der Waals surface area (Å²) in [6.45, 7) is 4.33. The molecule has 5 atom stereocenters. The highest BCUT2D eigenvalue weighted by Crippen LogP contribution is 2.61. The molecule has 1 aliphatic carbocycles. The zero-order valence-corrected chi connectivity index (χ0v) is 10.7.